The number of nitrogens with zero attached hydrogens (tertiary/aromatic N) is 2. The zero-order valence-electron chi connectivity index (χ0n) is 16.6. The van der Waals surface area contributed by atoms with Crippen LogP contribution in [0.2, 0.25) is 0 Å². The van der Waals surface area contributed by atoms with Gasteiger partial charge in [-0.25, -0.2) is 13.1 Å². The van der Waals surface area contributed by atoms with Gasteiger partial charge in [-0.15, -0.1) is 0 Å². The molecule has 0 spiro atoms. The Bertz CT molecular complexity index is 1310. The van der Waals surface area contributed by atoms with Crippen molar-refractivity contribution in [3.8, 4) is 5.69 Å². The summed E-state index contributed by atoms with van der Waals surface area (Å²) in [4.78, 5) is 12.8. The number of aryl methyl sites for hydroxylation is 2. The molecule has 0 unspecified atom stereocenters. The van der Waals surface area contributed by atoms with Gasteiger partial charge in [0.2, 0.25) is 0 Å². The fourth-order valence-corrected chi connectivity index (χ4v) is 5.01. The van der Waals surface area contributed by atoms with Gasteiger partial charge in [-0.3, -0.25) is 4.79 Å². The molecule has 1 amide bonds. The van der Waals surface area contributed by atoms with Crippen molar-refractivity contribution in [1.82, 2.24) is 9.78 Å². The highest BCUT2D eigenvalue weighted by atomic mass is 32.2. The van der Waals surface area contributed by atoms with Crippen molar-refractivity contribution < 1.29 is 26.4 Å². The number of carbonyl (C=O) groups is 1. The van der Waals surface area contributed by atoms with Crippen LogP contribution >= 0.6 is 0 Å². The third-order valence-corrected chi connectivity index (χ3v) is 6.67. The summed E-state index contributed by atoms with van der Waals surface area (Å²) in [5.41, 5.74) is 1.46. The predicted molar refractivity (Wildman–Crippen MR) is 109 cm³/mol. The number of sulfone groups is 1. The molecule has 3 aromatic rings. The van der Waals surface area contributed by atoms with Gasteiger partial charge in [0.05, 0.1) is 34.0 Å². The van der Waals surface area contributed by atoms with Gasteiger partial charge in [0.1, 0.15) is 5.82 Å². The summed E-state index contributed by atoms with van der Waals surface area (Å²) in [7, 11) is -3.44. The van der Waals surface area contributed by atoms with Gasteiger partial charge in [0, 0.05) is 5.56 Å². The van der Waals surface area contributed by atoms with Crippen LogP contribution in [0, 0.1) is 13.8 Å². The SMILES string of the molecule is Cc1ccc(-n2nc3c(c2NC(=O)c2ccccc2C(F)(F)F)CS(=O)(=O)C3)cc1C. The Balaban J connectivity index is 1.82. The van der Waals surface area contributed by atoms with Gasteiger partial charge in [-0.05, 0) is 49.2 Å². The van der Waals surface area contributed by atoms with Crippen LogP contribution in [0.15, 0.2) is 42.5 Å². The summed E-state index contributed by atoms with van der Waals surface area (Å²) in [6.07, 6.45) is -4.71. The molecule has 10 heteroatoms. The first-order valence-electron chi connectivity index (χ1n) is 9.33. The second kappa shape index (κ2) is 7.23. The van der Waals surface area contributed by atoms with Crippen LogP contribution in [0.5, 0.6) is 0 Å². The first-order chi connectivity index (χ1) is 14.5. The van der Waals surface area contributed by atoms with Crippen molar-refractivity contribution >= 4 is 21.6 Å². The number of alkyl halides is 3. The van der Waals surface area contributed by atoms with Gasteiger partial charge >= 0.3 is 6.18 Å². The molecular weight excluding hydrogens is 431 g/mol. The first kappa shape index (κ1) is 21.1. The zero-order valence-corrected chi connectivity index (χ0v) is 17.4. The van der Waals surface area contributed by atoms with Crippen LogP contribution in [-0.2, 0) is 27.5 Å². The molecular formula is C21H18F3N3O3S. The van der Waals surface area contributed by atoms with Crippen LogP contribution in [0.3, 0.4) is 0 Å². The van der Waals surface area contributed by atoms with E-state index in [1.54, 1.807) is 6.07 Å². The van der Waals surface area contributed by atoms with Crippen molar-refractivity contribution in [2.24, 2.45) is 0 Å². The highest BCUT2D eigenvalue weighted by Gasteiger charge is 2.37. The zero-order chi connectivity index (χ0) is 22.6. The van der Waals surface area contributed by atoms with Crippen LogP contribution in [0.1, 0.15) is 38.3 Å². The number of hydrogen-bond donors (Lipinski definition) is 1. The summed E-state index contributed by atoms with van der Waals surface area (Å²) in [6, 6.07) is 9.83. The normalized spacial score (nSPS) is 15.0. The number of hydrogen-bond acceptors (Lipinski definition) is 4. The van der Waals surface area contributed by atoms with Gasteiger partial charge < -0.3 is 5.32 Å². The predicted octanol–water partition coefficient (Wildman–Crippen LogP) is 4.19. The molecule has 6 nitrogen and oxygen atoms in total. The minimum atomic E-state index is -4.71. The number of anilines is 1. The van der Waals surface area contributed by atoms with E-state index in [9.17, 15) is 26.4 Å². The van der Waals surface area contributed by atoms with Crippen molar-refractivity contribution in [2.75, 3.05) is 5.32 Å². The van der Waals surface area contributed by atoms with E-state index < -0.39 is 33.0 Å². The number of benzene rings is 2. The largest absolute Gasteiger partial charge is 0.417 e. The van der Waals surface area contributed by atoms with Crippen LogP contribution in [-0.4, -0.2) is 24.1 Å². The first-order valence-corrected chi connectivity index (χ1v) is 11.1. The minimum absolute atomic E-state index is 0.0568. The molecule has 0 bridgehead atoms. The van der Waals surface area contributed by atoms with Crippen molar-refractivity contribution in [1.29, 1.82) is 0 Å². The second-order valence-electron chi connectivity index (χ2n) is 7.48. The fourth-order valence-electron chi connectivity index (χ4n) is 3.52. The Morgan fingerprint density at radius 2 is 1.77 bits per heavy atom. The Labute approximate surface area is 176 Å². The lowest BCUT2D eigenvalue weighted by atomic mass is 10.1. The Kier molecular flexibility index (Phi) is 4.92. The quantitative estimate of drug-likeness (QED) is 0.650. The maximum atomic E-state index is 13.4. The maximum Gasteiger partial charge on any atom is 0.417 e. The second-order valence-corrected chi connectivity index (χ2v) is 9.55. The number of amides is 1. The lowest BCUT2D eigenvalue weighted by Gasteiger charge is -2.15. The molecule has 0 saturated carbocycles. The van der Waals surface area contributed by atoms with Gasteiger partial charge in [0.25, 0.3) is 5.91 Å². The number of nitrogens with one attached hydrogen (secondary N) is 1. The minimum Gasteiger partial charge on any atom is -0.306 e. The lowest BCUT2D eigenvalue weighted by Crippen LogP contribution is -2.21. The molecule has 1 N–H and O–H groups in total. The van der Waals surface area contributed by atoms with E-state index in [0.29, 0.717) is 5.69 Å². The summed E-state index contributed by atoms with van der Waals surface area (Å²) in [6.45, 7) is 3.81. The lowest BCUT2D eigenvalue weighted by molar-refractivity contribution is -0.137. The number of aromatic nitrogens is 2. The third kappa shape index (κ3) is 3.95. The average molecular weight is 449 g/mol. The Morgan fingerprint density at radius 1 is 1.06 bits per heavy atom. The van der Waals surface area contributed by atoms with Gasteiger partial charge in [-0.1, -0.05) is 18.2 Å². The van der Waals surface area contributed by atoms with Crippen LogP contribution < -0.4 is 5.32 Å². The molecule has 1 aliphatic rings. The van der Waals surface area contributed by atoms with E-state index in [1.165, 1.54) is 16.8 Å². The van der Waals surface area contributed by atoms with E-state index in [1.807, 2.05) is 26.0 Å². The molecule has 0 aliphatic carbocycles. The number of carbonyl (C=O) groups excluding carboxylic acids is 1. The molecule has 0 fully saturated rings. The van der Waals surface area contributed by atoms with Crippen molar-refractivity contribution in [2.45, 2.75) is 31.5 Å². The molecule has 4 rings (SSSR count). The number of halogens is 3. The number of fused-ring (bicyclic) bond motifs is 1. The summed E-state index contributed by atoms with van der Waals surface area (Å²) >= 11 is 0. The molecule has 0 radical (unpaired) electrons. The van der Waals surface area contributed by atoms with Crippen molar-refractivity contribution in [3.05, 3.63) is 76.0 Å². The maximum absolute atomic E-state index is 13.4. The van der Waals surface area contributed by atoms with E-state index in [0.717, 1.165) is 23.3 Å². The molecule has 0 saturated heterocycles. The van der Waals surface area contributed by atoms with E-state index in [2.05, 4.69) is 10.4 Å². The van der Waals surface area contributed by atoms with Crippen LogP contribution in [0.4, 0.5) is 19.0 Å². The van der Waals surface area contributed by atoms with E-state index >= 15 is 0 Å². The number of rotatable bonds is 3. The molecule has 162 valence electrons. The molecule has 31 heavy (non-hydrogen) atoms. The molecule has 1 aliphatic heterocycles. The molecule has 0 atom stereocenters. The standard InChI is InChI=1S/C21H18F3N3O3S/c1-12-7-8-14(9-13(12)2)27-19(16-10-31(29,30)11-18(16)26-27)25-20(28)15-5-3-4-6-17(15)21(22,23)24/h3-9H,10-11H2,1-2H3,(H,25,28). The fraction of sp³-hybridized carbons (Fsp3) is 0.238. The van der Waals surface area contributed by atoms with Crippen molar-refractivity contribution in [3.63, 3.8) is 0 Å². The summed E-state index contributed by atoms with van der Waals surface area (Å²) in [5.74, 6) is -1.57. The summed E-state index contributed by atoms with van der Waals surface area (Å²) < 4.78 is 65.6. The van der Waals surface area contributed by atoms with E-state index in [4.69, 9.17) is 0 Å². The Hall–Kier alpha value is -3.14. The smallest absolute Gasteiger partial charge is 0.306 e. The van der Waals surface area contributed by atoms with Gasteiger partial charge in [-0.2, -0.15) is 18.3 Å². The molecule has 2 heterocycles. The van der Waals surface area contributed by atoms with Crippen LogP contribution in [0.25, 0.3) is 5.69 Å². The summed E-state index contributed by atoms with van der Waals surface area (Å²) in [5, 5.41) is 6.83. The van der Waals surface area contributed by atoms with Gasteiger partial charge in [0.15, 0.2) is 9.84 Å². The molecule has 2 aromatic carbocycles. The van der Waals surface area contributed by atoms with E-state index in [-0.39, 0.29) is 28.6 Å². The highest BCUT2D eigenvalue weighted by Crippen LogP contribution is 2.35. The Morgan fingerprint density at radius 3 is 2.45 bits per heavy atom. The highest BCUT2D eigenvalue weighted by molar-refractivity contribution is 7.90. The average Bonchev–Trinajstić information content (AvgIpc) is 3.16. The molecule has 1 aromatic heterocycles. The topological polar surface area (TPSA) is 81.1 Å². The third-order valence-electron chi connectivity index (χ3n) is 5.23. The monoisotopic (exact) mass is 449 g/mol.